The van der Waals surface area contributed by atoms with Crippen LogP contribution >= 0.6 is 0 Å². The van der Waals surface area contributed by atoms with Gasteiger partial charge in [-0.05, 0) is 37.1 Å². The van der Waals surface area contributed by atoms with Crippen molar-refractivity contribution in [2.45, 2.75) is 18.9 Å². The Bertz CT molecular complexity index is 701. The first kappa shape index (κ1) is 16.2. The number of urea groups is 1. The summed E-state index contributed by atoms with van der Waals surface area (Å²) in [5.41, 5.74) is 1.41. The first-order valence-electron chi connectivity index (χ1n) is 7.94. The molecule has 2 N–H and O–H groups in total. The van der Waals surface area contributed by atoms with Crippen molar-refractivity contribution in [2.75, 3.05) is 23.3 Å². The molecule has 6 heteroatoms. The predicted molar refractivity (Wildman–Crippen MR) is 90.2 cm³/mol. The van der Waals surface area contributed by atoms with Crippen LogP contribution in [0.3, 0.4) is 0 Å². The highest BCUT2D eigenvalue weighted by Crippen LogP contribution is 2.19. The summed E-state index contributed by atoms with van der Waals surface area (Å²) in [5, 5.41) is 5.41. The normalized spacial score (nSPS) is 15.2. The van der Waals surface area contributed by atoms with Gasteiger partial charge in [-0.15, -0.1) is 0 Å². The van der Waals surface area contributed by atoms with Crippen LogP contribution in [0.2, 0.25) is 0 Å². The molecule has 1 fully saturated rings. The molecule has 0 saturated carbocycles. The Kier molecular flexibility index (Phi) is 4.93. The van der Waals surface area contributed by atoms with Gasteiger partial charge in [0.1, 0.15) is 0 Å². The summed E-state index contributed by atoms with van der Waals surface area (Å²) in [4.78, 5) is 14.3. The molecule has 0 bridgehead atoms. The van der Waals surface area contributed by atoms with Crippen LogP contribution in [0, 0.1) is 11.6 Å². The highest BCUT2D eigenvalue weighted by Gasteiger charge is 2.20. The maximum absolute atomic E-state index is 13.1. The minimum Gasteiger partial charge on any atom is -0.371 e. The summed E-state index contributed by atoms with van der Waals surface area (Å²) in [6.07, 6.45) is 1.67. The van der Waals surface area contributed by atoms with E-state index in [1.807, 2.05) is 18.2 Å². The Morgan fingerprint density at radius 3 is 2.38 bits per heavy atom. The van der Waals surface area contributed by atoms with E-state index < -0.39 is 17.7 Å². The Hall–Kier alpha value is -2.63. The molecule has 1 aliphatic heterocycles. The number of para-hydroxylation sites is 1. The summed E-state index contributed by atoms with van der Waals surface area (Å²) >= 11 is 0. The number of piperidine rings is 1. The van der Waals surface area contributed by atoms with Gasteiger partial charge in [0.05, 0.1) is 0 Å². The molecule has 0 radical (unpaired) electrons. The Labute approximate surface area is 139 Å². The third kappa shape index (κ3) is 4.01. The number of halogens is 2. The van der Waals surface area contributed by atoms with Crippen molar-refractivity contribution in [1.29, 1.82) is 0 Å². The van der Waals surface area contributed by atoms with Crippen LogP contribution in [0.25, 0.3) is 0 Å². The van der Waals surface area contributed by atoms with Gasteiger partial charge in [0.15, 0.2) is 11.6 Å². The Morgan fingerprint density at radius 2 is 1.71 bits per heavy atom. The van der Waals surface area contributed by atoms with Crippen molar-refractivity contribution >= 4 is 17.4 Å². The van der Waals surface area contributed by atoms with Gasteiger partial charge in [-0.1, -0.05) is 18.2 Å². The third-order valence-corrected chi connectivity index (χ3v) is 4.13. The van der Waals surface area contributed by atoms with Crippen LogP contribution in [0.15, 0.2) is 48.5 Å². The lowest BCUT2D eigenvalue weighted by Crippen LogP contribution is -2.46. The molecule has 2 amide bonds. The van der Waals surface area contributed by atoms with Gasteiger partial charge in [0.2, 0.25) is 0 Å². The monoisotopic (exact) mass is 331 g/mol. The zero-order valence-corrected chi connectivity index (χ0v) is 13.1. The van der Waals surface area contributed by atoms with Gasteiger partial charge in [0.25, 0.3) is 0 Å². The summed E-state index contributed by atoms with van der Waals surface area (Å²) in [6.45, 7) is 1.72. The molecule has 4 nitrogen and oxygen atoms in total. The summed E-state index contributed by atoms with van der Waals surface area (Å²) < 4.78 is 26.0. The number of rotatable bonds is 3. The van der Waals surface area contributed by atoms with E-state index in [0.29, 0.717) is 0 Å². The van der Waals surface area contributed by atoms with E-state index in [9.17, 15) is 13.6 Å². The number of nitrogens with one attached hydrogen (secondary N) is 2. The third-order valence-electron chi connectivity index (χ3n) is 4.13. The van der Waals surface area contributed by atoms with Crippen molar-refractivity contribution in [1.82, 2.24) is 5.32 Å². The van der Waals surface area contributed by atoms with E-state index in [1.165, 1.54) is 11.8 Å². The van der Waals surface area contributed by atoms with E-state index in [4.69, 9.17) is 0 Å². The largest absolute Gasteiger partial charge is 0.371 e. The molecule has 2 aromatic rings. The van der Waals surface area contributed by atoms with Gasteiger partial charge < -0.3 is 15.5 Å². The molecule has 0 unspecified atom stereocenters. The van der Waals surface area contributed by atoms with Crippen molar-refractivity contribution in [2.24, 2.45) is 0 Å². The fraction of sp³-hybridized carbons (Fsp3) is 0.278. The van der Waals surface area contributed by atoms with Crippen molar-refractivity contribution in [3.63, 3.8) is 0 Å². The molecular formula is C18H19F2N3O. The Balaban J connectivity index is 1.49. The molecule has 0 spiro atoms. The second-order valence-electron chi connectivity index (χ2n) is 5.82. The van der Waals surface area contributed by atoms with Crippen LogP contribution in [-0.4, -0.2) is 25.2 Å². The number of hydrogen-bond donors (Lipinski definition) is 2. The lowest BCUT2D eigenvalue weighted by molar-refractivity contribution is 0.246. The topological polar surface area (TPSA) is 44.4 Å². The van der Waals surface area contributed by atoms with Crippen molar-refractivity contribution < 1.29 is 13.6 Å². The van der Waals surface area contributed by atoms with Crippen LogP contribution in [0.1, 0.15) is 12.8 Å². The fourth-order valence-corrected chi connectivity index (χ4v) is 2.85. The highest BCUT2D eigenvalue weighted by atomic mass is 19.2. The van der Waals surface area contributed by atoms with Gasteiger partial charge in [-0.3, -0.25) is 0 Å². The molecule has 0 atom stereocenters. The van der Waals surface area contributed by atoms with E-state index >= 15 is 0 Å². The number of carbonyl (C=O) groups is 1. The molecule has 1 saturated heterocycles. The average Bonchev–Trinajstić information content (AvgIpc) is 2.59. The second-order valence-corrected chi connectivity index (χ2v) is 5.82. The quantitative estimate of drug-likeness (QED) is 0.899. The zero-order chi connectivity index (χ0) is 16.9. The van der Waals surface area contributed by atoms with Crippen molar-refractivity contribution in [3.05, 3.63) is 60.2 Å². The number of nitrogens with zero attached hydrogens (tertiary/aromatic N) is 1. The molecule has 24 heavy (non-hydrogen) atoms. The van der Waals surface area contributed by atoms with Crippen LogP contribution < -0.4 is 15.5 Å². The SMILES string of the molecule is O=C(Nc1ccc(F)c(F)c1)NC1CCN(c2ccccc2)CC1. The first-order chi connectivity index (χ1) is 11.6. The van der Waals surface area contributed by atoms with E-state index in [0.717, 1.165) is 38.1 Å². The molecule has 126 valence electrons. The highest BCUT2D eigenvalue weighted by molar-refractivity contribution is 5.89. The molecule has 2 aromatic carbocycles. The predicted octanol–water partition coefficient (Wildman–Crippen LogP) is 3.76. The summed E-state index contributed by atoms with van der Waals surface area (Å²) in [6, 6.07) is 13.1. The molecular weight excluding hydrogens is 312 g/mol. The van der Waals surface area contributed by atoms with Crippen LogP contribution in [0.4, 0.5) is 25.0 Å². The maximum Gasteiger partial charge on any atom is 0.319 e. The van der Waals surface area contributed by atoms with Gasteiger partial charge in [-0.25, -0.2) is 13.6 Å². The van der Waals surface area contributed by atoms with E-state index in [1.54, 1.807) is 0 Å². The number of benzene rings is 2. The molecule has 1 heterocycles. The minimum absolute atomic E-state index is 0.0651. The number of hydrogen-bond acceptors (Lipinski definition) is 2. The fourth-order valence-electron chi connectivity index (χ4n) is 2.85. The molecule has 0 aromatic heterocycles. The summed E-state index contributed by atoms with van der Waals surface area (Å²) in [5.74, 6) is -1.92. The maximum atomic E-state index is 13.1. The Morgan fingerprint density at radius 1 is 1.00 bits per heavy atom. The van der Waals surface area contributed by atoms with E-state index in [2.05, 4.69) is 27.7 Å². The minimum atomic E-state index is -0.982. The molecule has 1 aliphatic rings. The van der Waals surface area contributed by atoms with Gasteiger partial charge in [0, 0.05) is 36.6 Å². The average molecular weight is 331 g/mol. The summed E-state index contributed by atoms with van der Waals surface area (Å²) in [7, 11) is 0. The smallest absolute Gasteiger partial charge is 0.319 e. The van der Waals surface area contributed by atoms with Gasteiger partial charge in [-0.2, -0.15) is 0 Å². The lowest BCUT2D eigenvalue weighted by atomic mass is 10.0. The standard InChI is InChI=1S/C18H19F2N3O/c19-16-7-6-14(12-17(16)20)22-18(24)21-13-8-10-23(11-9-13)15-4-2-1-3-5-15/h1-7,12-13H,8-11H2,(H2,21,22,24). The van der Waals surface area contributed by atoms with Crippen LogP contribution in [0.5, 0.6) is 0 Å². The lowest BCUT2D eigenvalue weighted by Gasteiger charge is -2.33. The number of carbonyl (C=O) groups excluding carboxylic acids is 1. The first-order valence-corrected chi connectivity index (χ1v) is 7.94. The molecule has 0 aliphatic carbocycles. The number of anilines is 2. The molecule has 3 rings (SSSR count). The van der Waals surface area contributed by atoms with E-state index in [-0.39, 0.29) is 11.7 Å². The van der Waals surface area contributed by atoms with Crippen molar-refractivity contribution in [3.8, 4) is 0 Å². The van der Waals surface area contributed by atoms with Crippen LogP contribution in [-0.2, 0) is 0 Å². The number of amides is 2. The van der Waals surface area contributed by atoms with Gasteiger partial charge >= 0.3 is 6.03 Å². The zero-order valence-electron chi connectivity index (χ0n) is 13.1. The second kappa shape index (κ2) is 7.29.